The molecule has 5 nitrogen and oxygen atoms in total. The average molecular weight is 383 g/mol. The maximum absolute atomic E-state index is 12.7. The minimum absolute atomic E-state index is 0.167. The monoisotopic (exact) mass is 383 g/mol. The fraction of sp³-hybridized carbons (Fsp3) is 0.238. The first kappa shape index (κ1) is 19.0. The summed E-state index contributed by atoms with van der Waals surface area (Å²) in [5, 5.41) is 2.85. The van der Waals surface area contributed by atoms with E-state index in [1.165, 1.54) is 6.92 Å². The van der Waals surface area contributed by atoms with Crippen LogP contribution in [0.5, 0.6) is 11.5 Å². The van der Waals surface area contributed by atoms with Gasteiger partial charge < -0.3 is 14.8 Å². The third kappa shape index (κ3) is 3.71. The van der Waals surface area contributed by atoms with E-state index in [1.54, 1.807) is 18.2 Å². The molecule has 27 heavy (non-hydrogen) atoms. The molecule has 2 aromatic rings. The zero-order chi connectivity index (χ0) is 19.7. The number of thiol groups is 1. The van der Waals surface area contributed by atoms with Crippen LogP contribution < -0.4 is 14.8 Å². The summed E-state index contributed by atoms with van der Waals surface area (Å²) < 4.78 is 11.3. The van der Waals surface area contributed by atoms with Crippen molar-refractivity contribution in [3.8, 4) is 11.5 Å². The molecule has 0 aliphatic carbocycles. The topological polar surface area (TPSA) is 64.6 Å². The van der Waals surface area contributed by atoms with E-state index < -0.39 is 0 Å². The zero-order valence-electron chi connectivity index (χ0n) is 15.7. The molecule has 0 radical (unpaired) electrons. The van der Waals surface area contributed by atoms with E-state index in [0.717, 1.165) is 22.3 Å². The lowest BCUT2D eigenvalue weighted by Gasteiger charge is -2.24. The number of fused-ring (bicyclic) bond motifs is 1. The number of carbonyl (C=O) groups excluding carboxylic acids is 2. The smallest absolute Gasteiger partial charge is 0.308 e. The third-order valence-electron chi connectivity index (χ3n) is 4.61. The molecule has 0 unspecified atom stereocenters. The standard InChI is InChI=1S/C21H21NO4S/c1-11-12(2)20-16(13(3)19(11)26-14(4)23)9-15(10-25-20)21(24)22-17-7-5-6-8-18(17)27/h5-9,27H,10H2,1-4H3,(H,22,24). The van der Waals surface area contributed by atoms with Crippen molar-refractivity contribution in [3.05, 3.63) is 52.1 Å². The first-order chi connectivity index (χ1) is 12.8. The Morgan fingerprint density at radius 3 is 2.48 bits per heavy atom. The largest absolute Gasteiger partial charge is 0.488 e. The second-order valence-electron chi connectivity index (χ2n) is 6.47. The molecule has 3 rings (SSSR count). The average Bonchev–Trinajstić information content (AvgIpc) is 2.64. The van der Waals surface area contributed by atoms with Crippen LogP contribution in [0.1, 0.15) is 29.2 Å². The summed E-state index contributed by atoms with van der Waals surface area (Å²) in [6, 6.07) is 7.28. The van der Waals surface area contributed by atoms with E-state index in [-0.39, 0.29) is 18.5 Å². The Labute approximate surface area is 163 Å². The highest BCUT2D eigenvalue weighted by molar-refractivity contribution is 7.80. The van der Waals surface area contributed by atoms with Crippen LogP contribution in [0.15, 0.2) is 34.7 Å². The number of hydrogen-bond acceptors (Lipinski definition) is 5. The molecule has 1 aliphatic rings. The summed E-state index contributed by atoms with van der Waals surface area (Å²) in [6.07, 6.45) is 1.80. The van der Waals surface area contributed by atoms with E-state index in [4.69, 9.17) is 9.47 Å². The maximum atomic E-state index is 12.7. The number of ether oxygens (including phenoxy) is 2. The number of para-hydroxylation sites is 1. The fourth-order valence-corrected chi connectivity index (χ4v) is 3.27. The van der Waals surface area contributed by atoms with Crippen LogP contribution in [-0.4, -0.2) is 18.5 Å². The second-order valence-corrected chi connectivity index (χ2v) is 6.95. The Morgan fingerprint density at radius 2 is 1.81 bits per heavy atom. The van der Waals surface area contributed by atoms with Gasteiger partial charge in [-0.25, -0.2) is 0 Å². The van der Waals surface area contributed by atoms with Gasteiger partial charge in [0.25, 0.3) is 5.91 Å². The van der Waals surface area contributed by atoms with Crippen molar-refractivity contribution in [2.24, 2.45) is 0 Å². The van der Waals surface area contributed by atoms with Gasteiger partial charge in [-0.15, -0.1) is 12.6 Å². The highest BCUT2D eigenvalue weighted by atomic mass is 32.1. The van der Waals surface area contributed by atoms with Crippen molar-refractivity contribution in [2.75, 3.05) is 11.9 Å². The molecule has 140 valence electrons. The Balaban J connectivity index is 1.99. The summed E-state index contributed by atoms with van der Waals surface area (Å²) in [5.74, 6) is 0.589. The van der Waals surface area contributed by atoms with Gasteiger partial charge in [-0.3, -0.25) is 9.59 Å². The molecule has 0 saturated carbocycles. The van der Waals surface area contributed by atoms with E-state index in [0.29, 0.717) is 27.7 Å². The van der Waals surface area contributed by atoms with Crippen molar-refractivity contribution in [2.45, 2.75) is 32.6 Å². The molecule has 0 aromatic heterocycles. The van der Waals surface area contributed by atoms with Gasteiger partial charge in [0.05, 0.1) is 11.3 Å². The number of rotatable bonds is 3. The van der Waals surface area contributed by atoms with Gasteiger partial charge in [0.15, 0.2) is 0 Å². The first-order valence-corrected chi connectivity index (χ1v) is 8.99. The van der Waals surface area contributed by atoms with Crippen molar-refractivity contribution >= 4 is 36.3 Å². The van der Waals surface area contributed by atoms with Crippen molar-refractivity contribution in [1.82, 2.24) is 0 Å². The van der Waals surface area contributed by atoms with Crippen LogP contribution in [0.3, 0.4) is 0 Å². The molecular weight excluding hydrogens is 362 g/mol. The Morgan fingerprint density at radius 1 is 1.11 bits per heavy atom. The van der Waals surface area contributed by atoms with Gasteiger partial charge in [0, 0.05) is 22.9 Å². The van der Waals surface area contributed by atoms with Crippen LogP contribution in [0.4, 0.5) is 5.69 Å². The number of nitrogens with one attached hydrogen (secondary N) is 1. The Kier molecular flexibility index (Phi) is 5.28. The number of anilines is 1. The van der Waals surface area contributed by atoms with Crippen LogP contribution in [0.25, 0.3) is 6.08 Å². The molecule has 1 amide bonds. The van der Waals surface area contributed by atoms with Crippen molar-refractivity contribution in [3.63, 3.8) is 0 Å². The van der Waals surface area contributed by atoms with E-state index in [9.17, 15) is 9.59 Å². The number of amides is 1. The lowest BCUT2D eigenvalue weighted by atomic mass is 9.94. The summed E-state index contributed by atoms with van der Waals surface area (Å²) in [6.45, 7) is 7.19. The molecule has 0 fully saturated rings. The predicted octanol–water partition coefficient (Wildman–Crippen LogP) is 4.24. The third-order valence-corrected chi connectivity index (χ3v) is 5.00. The van der Waals surface area contributed by atoms with Crippen LogP contribution >= 0.6 is 12.6 Å². The van der Waals surface area contributed by atoms with Crippen molar-refractivity contribution < 1.29 is 19.1 Å². The lowest BCUT2D eigenvalue weighted by molar-refractivity contribution is -0.132. The molecule has 0 saturated heterocycles. The minimum atomic E-state index is -0.385. The van der Waals surface area contributed by atoms with Gasteiger partial charge >= 0.3 is 5.97 Å². The van der Waals surface area contributed by atoms with Gasteiger partial charge in [-0.05, 0) is 50.1 Å². The molecular formula is C21H21NO4S. The van der Waals surface area contributed by atoms with Gasteiger partial charge in [-0.2, -0.15) is 0 Å². The number of esters is 1. The number of hydrogen-bond donors (Lipinski definition) is 2. The summed E-state index contributed by atoms with van der Waals surface area (Å²) in [7, 11) is 0. The fourth-order valence-electron chi connectivity index (χ4n) is 3.05. The Bertz CT molecular complexity index is 979. The molecule has 6 heteroatoms. The van der Waals surface area contributed by atoms with Gasteiger partial charge in [0.2, 0.25) is 0 Å². The lowest BCUT2D eigenvalue weighted by Crippen LogP contribution is -2.22. The van der Waals surface area contributed by atoms with Crippen LogP contribution in [0.2, 0.25) is 0 Å². The van der Waals surface area contributed by atoms with E-state index >= 15 is 0 Å². The molecule has 2 aromatic carbocycles. The normalized spacial score (nSPS) is 12.6. The SMILES string of the molecule is CC(=O)Oc1c(C)c(C)c2c(c1C)C=C(C(=O)Nc1ccccc1S)CO2. The molecule has 0 spiro atoms. The first-order valence-electron chi connectivity index (χ1n) is 8.54. The number of benzene rings is 2. The second kappa shape index (κ2) is 7.48. The van der Waals surface area contributed by atoms with Crippen LogP contribution in [0, 0.1) is 20.8 Å². The quantitative estimate of drug-likeness (QED) is 0.473. The molecule has 0 bridgehead atoms. The number of carbonyl (C=O) groups is 2. The molecule has 1 N–H and O–H groups in total. The highest BCUT2D eigenvalue weighted by Crippen LogP contribution is 2.41. The summed E-state index contributed by atoms with van der Waals surface area (Å²) >= 11 is 4.35. The minimum Gasteiger partial charge on any atom is -0.488 e. The Hall–Kier alpha value is -2.73. The highest BCUT2D eigenvalue weighted by Gasteiger charge is 2.25. The van der Waals surface area contributed by atoms with Crippen LogP contribution in [-0.2, 0) is 9.59 Å². The predicted molar refractivity (Wildman–Crippen MR) is 108 cm³/mol. The maximum Gasteiger partial charge on any atom is 0.308 e. The van der Waals surface area contributed by atoms with Gasteiger partial charge in [0.1, 0.15) is 18.1 Å². The zero-order valence-corrected chi connectivity index (χ0v) is 16.6. The van der Waals surface area contributed by atoms with E-state index in [1.807, 2.05) is 32.9 Å². The summed E-state index contributed by atoms with van der Waals surface area (Å²) in [4.78, 5) is 24.8. The van der Waals surface area contributed by atoms with Crippen molar-refractivity contribution in [1.29, 1.82) is 0 Å². The molecule has 0 atom stereocenters. The van der Waals surface area contributed by atoms with E-state index in [2.05, 4.69) is 17.9 Å². The summed E-state index contributed by atoms with van der Waals surface area (Å²) in [5.41, 5.74) is 4.39. The molecule has 1 aliphatic heterocycles. The van der Waals surface area contributed by atoms with Gasteiger partial charge in [-0.1, -0.05) is 12.1 Å². The molecule has 1 heterocycles.